The van der Waals surface area contributed by atoms with Crippen molar-refractivity contribution in [2.75, 3.05) is 0 Å². The molecule has 0 aliphatic rings. The minimum atomic E-state index is -1.26. The predicted molar refractivity (Wildman–Crippen MR) is 108 cm³/mol. The van der Waals surface area contributed by atoms with Crippen LogP contribution in [0.15, 0.2) is 28.7 Å². The second kappa shape index (κ2) is 9.21. The number of nitrogens with one attached hydrogen (secondary N) is 3. The average molecular weight is 442 g/mol. The van der Waals surface area contributed by atoms with Crippen molar-refractivity contribution in [2.45, 2.75) is 64.6 Å². The molecule has 0 aromatic heterocycles. The Labute approximate surface area is 168 Å². The Morgan fingerprint density at radius 2 is 1.63 bits per heavy atom. The molecule has 0 saturated heterocycles. The van der Waals surface area contributed by atoms with Gasteiger partial charge < -0.3 is 21.1 Å². The fraction of sp³-hybridized carbons (Fsp3) is 0.526. The first-order chi connectivity index (χ1) is 12.3. The van der Waals surface area contributed by atoms with Gasteiger partial charge in [0.15, 0.2) is 0 Å². The van der Waals surface area contributed by atoms with E-state index in [1.807, 2.05) is 45.0 Å². The van der Waals surface area contributed by atoms with E-state index in [0.717, 1.165) is 10.0 Å². The van der Waals surface area contributed by atoms with Crippen LogP contribution in [-0.2, 0) is 16.0 Å². The molecule has 0 saturated carbocycles. The SMILES string of the molecule is CC(=O)NC(C)(C[C@@H](Cc1ccc(Br)cc1)NC(=O)O)C(=O)NC(C)(C)C. The molecule has 2 atom stereocenters. The maximum absolute atomic E-state index is 12.8. The summed E-state index contributed by atoms with van der Waals surface area (Å²) >= 11 is 3.36. The van der Waals surface area contributed by atoms with Crippen LogP contribution in [0.25, 0.3) is 0 Å². The number of hydrogen-bond donors (Lipinski definition) is 4. The Hall–Kier alpha value is -2.09. The Morgan fingerprint density at radius 1 is 1.07 bits per heavy atom. The van der Waals surface area contributed by atoms with E-state index in [2.05, 4.69) is 31.9 Å². The fourth-order valence-electron chi connectivity index (χ4n) is 2.81. The summed E-state index contributed by atoms with van der Waals surface area (Å²) in [7, 11) is 0. The van der Waals surface area contributed by atoms with Crippen LogP contribution in [0.4, 0.5) is 4.79 Å². The van der Waals surface area contributed by atoms with E-state index < -0.39 is 23.2 Å². The molecule has 0 heterocycles. The van der Waals surface area contributed by atoms with Crippen LogP contribution in [0.1, 0.15) is 46.6 Å². The molecule has 0 fully saturated rings. The maximum Gasteiger partial charge on any atom is 0.404 e. The van der Waals surface area contributed by atoms with Gasteiger partial charge in [0.05, 0.1) is 0 Å². The molecule has 3 amide bonds. The monoisotopic (exact) mass is 441 g/mol. The Balaban J connectivity index is 3.08. The number of hydrogen-bond acceptors (Lipinski definition) is 3. The molecule has 150 valence electrons. The van der Waals surface area contributed by atoms with Crippen LogP contribution in [0.2, 0.25) is 0 Å². The number of carbonyl (C=O) groups excluding carboxylic acids is 2. The standard InChI is InChI=1S/C19H28BrN3O4/c1-12(24)22-19(5,16(25)23-18(2,3)4)11-15(21-17(26)27)10-13-6-8-14(20)9-7-13/h6-9,15,21H,10-11H2,1-5H3,(H,22,24)(H,23,25)(H,26,27)/t15-,19?/m1/s1. The molecule has 1 aromatic carbocycles. The Bertz CT molecular complexity index is 685. The third kappa shape index (κ3) is 8.43. The van der Waals surface area contributed by atoms with E-state index in [-0.39, 0.29) is 18.2 Å². The minimum Gasteiger partial charge on any atom is -0.465 e. The van der Waals surface area contributed by atoms with Crippen molar-refractivity contribution >= 4 is 33.8 Å². The zero-order valence-corrected chi connectivity index (χ0v) is 17.9. The van der Waals surface area contributed by atoms with Gasteiger partial charge in [-0.1, -0.05) is 28.1 Å². The smallest absolute Gasteiger partial charge is 0.404 e. The highest BCUT2D eigenvalue weighted by atomic mass is 79.9. The lowest BCUT2D eigenvalue weighted by molar-refractivity contribution is -0.133. The maximum atomic E-state index is 12.8. The average Bonchev–Trinajstić information content (AvgIpc) is 2.46. The summed E-state index contributed by atoms with van der Waals surface area (Å²) in [6, 6.07) is 6.93. The quantitative estimate of drug-likeness (QED) is 0.521. The molecule has 27 heavy (non-hydrogen) atoms. The minimum absolute atomic E-state index is 0.108. The van der Waals surface area contributed by atoms with E-state index in [4.69, 9.17) is 0 Å². The molecule has 7 nitrogen and oxygen atoms in total. The summed E-state index contributed by atoms with van der Waals surface area (Å²) in [6.45, 7) is 8.46. The fourth-order valence-corrected chi connectivity index (χ4v) is 3.08. The van der Waals surface area contributed by atoms with Crippen LogP contribution < -0.4 is 16.0 Å². The number of halogens is 1. The number of amides is 3. The topological polar surface area (TPSA) is 108 Å². The highest BCUT2D eigenvalue weighted by molar-refractivity contribution is 9.10. The van der Waals surface area contributed by atoms with Crippen LogP contribution in [0.5, 0.6) is 0 Å². The summed E-state index contributed by atoms with van der Waals surface area (Å²) in [5.41, 5.74) is -0.835. The number of benzene rings is 1. The van der Waals surface area contributed by atoms with Crippen molar-refractivity contribution in [3.8, 4) is 0 Å². The molecule has 1 aromatic rings. The van der Waals surface area contributed by atoms with E-state index >= 15 is 0 Å². The zero-order valence-electron chi connectivity index (χ0n) is 16.4. The lowest BCUT2D eigenvalue weighted by Gasteiger charge is -2.35. The molecule has 8 heteroatoms. The highest BCUT2D eigenvalue weighted by Crippen LogP contribution is 2.19. The van der Waals surface area contributed by atoms with Gasteiger partial charge in [0.1, 0.15) is 5.54 Å². The molecule has 1 unspecified atom stereocenters. The summed E-state index contributed by atoms with van der Waals surface area (Å²) in [5, 5.41) is 17.2. The van der Waals surface area contributed by atoms with Crippen molar-refractivity contribution in [3.63, 3.8) is 0 Å². The van der Waals surface area contributed by atoms with E-state index in [0.29, 0.717) is 6.42 Å². The summed E-state index contributed by atoms with van der Waals surface area (Å²) in [4.78, 5) is 35.8. The van der Waals surface area contributed by atoms with Crippen molar-refractivity contribution in [1.82, 2.24) is 16.0 Å². The molecule has 1 rings (SSSR count). The molecular formula is C19H28BrN3O4. The van der Waals surface area contributed by atoms with Gasteiger partial charge in [0.25, 0.3) is 0 Å². The van der Waals surface area contributed by atoms with Gasteiger partial charge in [-0.15, -0.1) is 0 Å². The van der Waals surface area contributed by atoms with E-state index in [1.165, 1.54) is 6.92 Å². The first-order valence-corrected chi connectivity index (χ1v) is 9.45. The van der Waals surface area contributed by atoms with Gasteiger partial charge in [-0.3, -0.25) is 9.59 Å². The first-order valence-electron chi connectivity index (χ1n) is 8.66. The van der Waals surface area contributed by atoms with Gasteiger partial charge in [-0.05, 0) is 58.2 Å². The largest absolute Gasteiger partial charge is 0.465 e. The number of carbonyl (C=O) groups is 3. The predicted octanol–water partition coefficient (Wildman–Crippen LogP) is 2.83. The second-order valence-corrected chi connectivity index (χ2v) is 8.81. The molecule has 0 aliphatic heterocycles. The highest BCUT2D eigenvalue weighted by Gasteiger charge is 2.38. The van der Waals surface area contributed by atoms with Crippen LogP contribution in [0.3, 0.4) is 0 Å². The summed E-state index contributed by atoms with van der Waals surface area (Å²) in [5.74, 6) is -0.725. The lowest BCUT2D eigenvalue weighted by atomic mass is 9.88. The Morgan fingerprint density at radius 3 is 2.07 bits per heavy atom. The molecule has 4 N–H and O–H groups in total. The van der Waals surface area contributed by atoms with Gasteiger partial charge >= 0.3 is 6.09 Å². The van der Waals surface area contributed by atoms with Crippen molar-refractivity contribution < 1.29 is 19.5 Å². The second-order valence-electron chi connectivity index (χ2n) is 7.90. The summed E-state index contributed by atoms with van der Waals surface area (Å²) in [6.07, 6.45) is -0.687. The first kappa shape index (κ1) is 23.0. The van der Waals surface area contributed by atoms with Gasteiger partial charge in [0, 0.05) is 23.0 Å². The number of carboxylic acid groups (broad SMARTS) is 1. The van der Waals surface area contributed by atoms with E-state index in [9.17, 15) is 19.5 Å². The molecule has 0 bridgehead atoms. The van der Waals surface area contributed by atoms with Crippen molar-refractivity contribution in [2.24, 2.45) is 0 Å². The Kier molecular flexibility index (Phi) is 7.83. The summed E-state index contributed by atoms with van der Waals surface area (Å²) < 4.78 is 0.918. The van der Waals surface area contributed by atoms with Crippen molar-refractivity contribution in [3.05, 3.63) is 34.3 Å². The van der Waals surface area contributed by atoms with Crippen LogP contribution in [-0.4, -0.2) is 40.1 Å². The number of rotatable bonds is 7. The van der Waals surface area contributed by atoms with E-state index in [1.54, 1.807) is 6.92 Å². The molecule has 0 radical (unpaired) electrons. The molecular weight excluding hydrogens is 414 g/mol. The third-order valence-corrected chi connectivity index (χ3v) is 4.35. The zero-order chi connectivity index (χ0) is 20.8. The lowest BCUT2D eigenvalue weighted by Crippen LogP contribution is -2.62. The van der Waals surface area contributed by atoms with Crippen LogP contribution >= 0.6 is 15.9 Å². The third-order valence-electron chi connectivity index (χ3n) is 3.82. The van der Waals surface area contributed by atoms with Crippen molar-refractivity contribution in [1.29, 1.82) is 0 Å². The van der Waals surface area contributed by atoms with Gasteiger partial charge in [0.2, 0.25) is 11.8 Å². The normalized spacial score (nSPS) is 14.6. The van der Waals surface area contributed by atoms with Gasteiger partial charge in [-0.2, -0.15) is 0 Å². The molecule has 0 spiro atoms. The van der Waals surface area contributed by atoms with Crippen LogP contribution in [0, 0.1) is 0 Å². The molecule has 0 aliphatic carbocycles. The van der Waals surface area contributed by atoms with Gasteiger partial charge in [-0.25, -0.2) is 4.79 Å².